The van der Waals surface area contributed by atoms with E-state index < -0.39 is 17.7 Å². The van der Waals surface area contributed by atoms with Gasteiger partial charge in [0.1, 0.15) is 23.0 Å². The zero-order valence-corrected chi connectivity index (χ0v) is 17.9. The smallest absolute Gasteiger partial charge is 0.231 e. The summed E-state index contributed by atoms with van der Waals surface area (Å²) in [5.41, 5.74) is 15.0. The summed E-state index contributed by atoms with van der Waals surface area (Å²) in [7, 11) is 0. The molecule has 0 radical (unpaired) electrons. The molecule has 5 rings (SSSR count). The summed E-state index contributed by atoms with van der Waals surface area (Å²) in [5.74, 6) is -0.659. The molecule has 0 fully saturated rings. The van der Waals surface area contributed by atoms with Gasteiger partial charge >= 0.3 is 0 Å². The molecule has 0 aliphatic heterocycles. The van der Waals surface area contributed by atoms with Crippen LogP contribution in [0.4, 0.5) is 8.78 Å². The first-order chi connectivity index (χ1) is 16.5. The highest BCUT2D eigenvalue weighted by Gasteiger charge is 2.22. The summed E-state index contributed by atoms with van der Waals surface area (Å²) in [6.07, 6.45) is 5.10. The number of rotatable bonds is 6. The van der Waals surface area contributed by atoms with E-state index in [-0.39, 0.29) is 5.56 Å². The molecule has 3 heterocycles. The van der Waals surface area contributed by atoms with Gasteiger partial charge in [-0.1, -0.05) is 41.6 Å². The first-order valence-corrected chi connectivity index (χ1v) is 10.5. The van der Waals surface area contributed by atoms with Crippen LogP contribution in [0.2, 0.25) is 0 Å². The second-order valence-electron chi connectivity index (χ2n) is 7.70. The fourth-order valence-corrected chi connectivity index (χ4v) is 3.86. The molecule has 9 heteroatoms. The van der Waals surface area contributed by atoms with Gasteiger partial charge in [0, 0.05) is 11.8 Å². The Bertz CT molecular complexity index is 1470. The Hall–Kier alpha value is -4.37. The Morgan fingerprint density at radius 2 is 1.79 bits per heavy atom. The number of aromatic nitrogens is 4. The van der Waals surface area contributed by atoms with Gasteiger partial charge in [-0.05, 0) is 47.2 Å². The van der Waals surface area contributed by atoms with Crippen molar-refractivity contribution in [1.29, 1.82) is 0 Å². The van der Waals surface area contributed by atoms with Crippen LogP contribution in [0.3, 0.4) is 0 Å². The molecule has 7 nitrogen and oxygen atoms in total. The van der Waals surface area contributed by atoms with Crippen molar-refractivity contribution in [3.05, 3.63) is 113 Å². The monoisotopic (exact) mass is 458 g/mol. The lowest BCUT2D eigenvalue weighted by Gasteiger charge is -2.18. The SMILES string of the molecule is N/C=C(/c1ccc2ncc(-c3noc(Cc4ccccc4)n3)n2c1)C(N)c1c(F)cccc1F. The molecule has 0 saturated heterocycles. The van der Waals surface area contributed by atoms with Crippen LogP contribution in [0.25, 0.3) is 22.7 Å². The van der Waals surface area contributed by atoms with Gasteiger partial charge < -0.3 is 16.0 Å². The Kier molecular flexibility index (Phi) is 5.60. The van der Waals surface area contributed by atoms with Crippen LogP contribution in [-0.4, -0.2) is 19.5 Å². The van der Waals surface area contributed by atoms with Crippen molar-refractivity contribution in [3.63, 3.8) is 0 Å². The maximum absolute atomic E-state index is 14.3. The normalized spacial score (nSPS) is 12.9. The third kappa shape index (κ3) is 3.93. The first kappa shape index (κ1) is 21.5. The number of halogens is 2. The van der Waals surface area contributed by atoms with E-state index in [9.17, 15) is 8.78 Å². The van der Waals surface area contributed by atoms with Gasteiger partial charge in [-0.2, -0.15) is 4.98 Å². The number of benzene rings is 2. The van der Waals surface area contributed by atoms with E-state index >= 15 is 0 Å². The zero-order chi connectivity index (χ0) is 23.7. The molecule has 5 aromatic rings. The molecule has 0 aliphatic rings. The van der Waals surface area contributed by atoms with E-state index in [1.807, 2.05) is 30.3 Å². The molecular formula is C25H20F2N6O. The highest BCUT2D eigenvalue weighted by Crippen LogP contribution is 2.31. The lowest BCUT2D eigenvalue weighted by atomic mass is 9.94. The van der Waals surface area contributed by atoms with Gasteiger partial charge in [-0.15, -0.1) is 0 Å². The summed E-state index contributed by atoms with van der Waals surface area (Å²) in [6, 6.07) is 15.8. The summed E-state index contributed by atoms with van der Waals surface area (Å²) in [5, 5.41) is 4.10. The van der Waals surface area contributed by atoms with Crippen molar-refractivity contribution in [1.82, 2.24) is 19.5 Å². The number of imidazole rings is 1. The van der Waals surface area contributed by atoms with Crippen molar-refractivity contribution in [3.8, 4) is 11.5 Å². The van der Waals surface area contributed by atoms with Crippen LogP contribution in [0.5, 0.6) is 0 Å². The summed E-state index contributed by atoms with van der Waals surface area (Å²) in [4.78, 5) is 8.88. The van der Waals surface area contributed by atoms with E-state index in [0.717, 1.165) is 17.7 Å². The molecule has 0 bridgehead atoms. The molecule has 2 aromatic carbocycles. The first-order valence-electron chi connectivity index (χ1n) is 10.5. The van der Waals surface area contributed by atoms with Crippen molar-refractivity contribution in [2.75, 3.05) is 0 Å². The van der Waals surface area contributed by atoms with Crippen molar-refractivity contribution in [2.24, 2.45) is 11.5 Å². The molecule has 0 spiro atoms. The van der Waals surface area contributed by atoms with Crippen molar-refractivity contribution < 1.29 is 13.3 Å². The minimum Gasteiger partial charge on any atom is -0.404 e. The number of fused-ring (bicyclic) bond motifs is 1. The third-order valence-electron chi connectivity index (χ3n) is 5.56. The van der Waals surface area contributed by atoms with Crippen molar-refractivity contribution >= 4 is 11.2 Å². The van der Waals surface area contributed by atoms with E-state index in [2.05, 4.69) is 15.1 Å². The Morgan fingerprint density at radius 1 is 1.03 bits per heavy atom. The van der Waals surface area contributed by atoms with Crippen LogP contribution in [0.15, 0.2) is 83.8 Å². The predicted octanol–water partition coefficient (Wildman–Crippen LogP) is 4.25. The van der Waals surface area contributed by atoms with Crippen molar-refractivity contribution in [2.45, 2.75) is 12.5 Å². The van der Waals surface area contributed by atoms with Crippen LogP contribution >= 0.6 is 0 Å². The minimum atomic E-state index is -1.11. The second kappa shape index (κ2) is 8.87. The summed E-state index contributed by atoms with van der Waals surface area (Å²) >= 11 is 0. The lowest BCUT2D eigenvalue weighted by molar-refractivity contribution is 0.385. The van der Waals surface area contributed by atoms with Crippen LogP contribution < -0.4 is 11.5 Å². The largest absolute Gasteiger partial charge is 0.404 e. The van der Waals surface area contributed by atoms with Gasteiger partial charge in [0.15, 0.2) is 0 Å². The Labute approximate surface area is 193 Å². The number of pyridine rings is 1. The van der Waals surface area contributed by atoms with E-state index in [0.29, 0.717) is 40.6 Å². The standard InChI is InChI=1S/C25H20F2N6O/c26-18-7-4-8-19(27)23(18)24(29)17(12-28)16-9-10-21-30-13-20(33(21)14-16)25-31-22(34-32-25)11-15-5-2-1-3-6-15/h1-10,12-14,24H,11,28-29H2/b17-12-. The van der Waals surface area contributed by atoms with E-state index in [4.69, 9.17) is 16.0 Å². The number of nitrogens with two attached hydrogens (primary N) is 2. The molecule has 0 aliphatic carbocycles. The fourth-order valence-electron chi connectivity index (χ4n) is 3.86. The molecule has 1 atom stereocenters. The zero-order valence-electron chi connectivity index (χ0n) is 17.9. The predicted molar refractivity (Wildman–Crippen MR) is 123 cm³/mol. The highest BCUT2D eigenvalue weighted by atomic mass is 19.1. The van der Waals surface area contributed by atoms with Gasteiger partial charge in [0.25, 0.3) is 0 Å². The Balaban J connectivity index is 1.50. The molecule has 170 valence electrons. The Morgan fingerprint density at radius 3 is 2.53 bits per heavy atom. The number of hydrogen-bond acceptors (Lipinski definition) is 6. The molecule has 3 aromatic heterocycles. The van der Waals surface area contributed by atoms with E-state index in [1.54, 1.807) is 28.9 Å². The molecular weight excluding hydrogens is 438 g/mol. The molecule has 1 unspecified atom stereocenters. The molecule has 34 heavy (non-hydrogen) atoms. The highest BCUT2D eigenvalue weighted by molar-refractivity contribution is 5.72. The average Bonchev–Trinajstić information content (AvgIpc) is 3.46. The third-order valence-corrected chi connectivity index (χ3v) is 5.56. The number of nitrogens with zero attached hydrogens (tertiary/aromatic N) is 4. The topological polar surface area (TPSA) is 108 Å². The van der Waals surface area contributed by atoms with Crippen LogP contribution in [0.1, 0.15) is 28.6 Å². The molecule has 0 saturated carbocycles. The van der Waals surface area contributed by atoms with Crippen LogP contribution in [-0.2, 0) is 6.42 Å². The summed E-state index contributed by atoms with van der Waals surface area (Å²) in [6.45, 7) is 0. The minimum absolute atomic E-state index is 0.256. The lowest BCUT2D eigenvalue weighted by Crippen LogP contribution is -2.17. The maximum Gasteiger partial charge on any atom is 0.231 e. The molecule has 0 amide bonds. The fraction of sp³-hybridized carbons (Fsp3) is 0.0800. The molecule has 4 N–H and O–H groups in total. The summed E-state index contributed by atoms with van der Waals surface area (Å²) < 4.78 is 35.8. The van der Waals surface area contributed by atoms with Gasteiger partial charge in [0.05, 0.1) is 18.7 Å². The van der Waals surface area contributed by atoms with E-state index in [1.165, 1.54) is 12.3 Å². The second-order valence-corrected chi connectivity index (χ2v) is 7.70. The quantitative estimate of drug-likeness (QED) is 0.394. The van der Waals surface area contributed by atoms with Gasteiger partial charge in [-0.3, -0.25) is 4.40 Å². The average molecular weight is 458 g/mol. The number of hydrogen-bond donors (Lipinski definition) is 2. The maximum atomic E-state index is 14.3. The van der Waals surface area contributed by atoms with Gasteiger partial charge in [-0.25, -0.2) is 13.8 Å². The van der Waals surface area contributed by atoms with Gasteiger partial charge in [0.2, 0.25) is 11.7 Å². The van der Waals surface area contributed by atoms with Crippen LogP contribution in [0, 0.1) is 11.6 Å².